The molecule has 3 aromatic rings. The van der Waals surface area contributed by atoms with Crippen molar-refractivity contribution in [3.05, 3.63) is 77.4 Å². The van der Waals surface area contributed by atoms with Gasteiger partial charge in [0, 0.05) is 5.56 Å². The maximum Gasteiger partial charge on any atom is 0.311 e. The molecule has 0 fully saturated rings. The fourth-order valence-electron chi connectivity index (χ4n) is 4.40. The molecule has 0 saturated carbocycles. The normalized spacial score (nSPS) is 19.6. The van der Waals surface area contributed by atoms with Crippen LogP contribution in [0.4, 0.5) is 0 Å². The standard InChI is InChI=1S/C26H29NO5S/c1-15(2)24(28)17(4)26(29)32-25-21-10-6-8-18-7-5-9-20(22(18)21)23(25)27-33(30,31)19-13-11-16(3)12-14-19/h5-15,17,23-25,27-28H,1-4H3/t17-,23?,24-,25?/m1/s1. The molecule has 3 aromatic carbocycles. The average Bonchev–Trinajstić information content (AvgIpc) is 3.07. The van der Waals surface area contributed by atoms with E-state index in [1.165, 1.54) is 0 Å². The van der Waals surface area contributed by atoms with E-state index in [9.17, 15) is 18.3 Å². The summed E-state index contributed by atoms with van der Waals surface area (Å²) in [5.74, 6) is -1.43. The van der Waals surface area contributed by atoms with Crippen molar-refractivity contribution in [2.75, 3.05) is 0 Å². The third-order valence-corrected chi connectivity index (χ3v) is 7.79. The summed E-state index contributed by atoms with van der Waals surface area (Å²) in [6.07, 6.45) is -1.71. The summed E-state index contributed by atoms with van der Waals surface area (Å²) in [5.41, 5.74) is 2.46. The summed E-state index contributed by atoms with van der Waals surface area (Å²) in [7, 11) is -3.88. The third-order valence-electron chi connectivity index (χ3n) is 6.34. The van der Waals surface area contributed by atoms with Crippen molar-refractivity contribution in [3.8, 4) is 0 Å². The van der Waals surface area contributed by atoms with Crippen LogP contribution in [0.5, 0.6) is 0 Å². The van der Waals surface area contributed by atoms with Gasteiger partial charge >= 0.3 is 5.97 Å². The molecule has 0 aliphatic heterocycles. The summed E-state index contributed by atoms with van der Waals surface area (Å²) in [4.78, 5) is 13.1. The average molecular weight is 468 g/mol. The van der Waals surface area contributed by atoms with Crippen LogP contribution in [0.25, 0.3) is 10.8 Å². The molecule has 1 aliphatic rings. The van der Waals surface area contributed by atoms with Crippen molar-refractivity contribution in [1.29, 1.82) is 0 Å². The summed E-state index contributed by atoms with van der Waals surface area (Å²) in [5, 5.41) is 12.2. The fourth-order valence-corrected chi connectivity index (χ4v) is 5.61. The zero-order valence-electron chi connectivity index (χ0n) is 19.1. The molecule has 6 nitrogen and oxygen atoms in total. The second kappa shape index (κ2) is 8.89. The maximum atomic E-state index is 13.2. The molecular weight excluding hydrogens is 438 g/mol. The summed E-state index contributed by atoms with van der Waals surface area (Å²) >= 11 is 0. The molecule has 7 heteroatoms. The third kappa shape index (κ3) is 4.40. The van der Waals surface area contributed by atoms with Crippen LogP contribution in [0.1, 0.15) is 49.6 Å². The second-order valence-corrected chi connectivity index (χ2v) is 10.8. The Morgan fingerprint density at radius 1 is 0.970 bits per heavy atom. The second-order valence-electron chi connectivity index (χ2n) is 9.09. The van der Waals surface area contributed by atoms with Crippen molar-refractivity contribution in [2.45, 2.75) is 50.8 Å². The molecular formula is C26H29NO5S. The van der Waals surface area contributed by atoms with E-state index in [1.807, 2.05) is 57.2 Å². The largest absolute Gasteiger partial charge is 0.455 e. The molecule has 2 unspecified atom stereocenters. The number of aliphatic hydroxyl groups excluding tert-OH is 1. The van der Waals surface area contributed by atoms with Gasteiger partial charge in [-0.1, -0.05) is 67.9 Å². The lowest BCUT2D eigenvalue weighted by molar-refractivity contribution is -0.160. The number of aliphatic hydroxyl groups is 1. The Hall–Kier alpha value is -2.74. The van der Waals surface area contributed by atoms with Crippen LogP contribution < -0.4 is 4.72 Å². The van der Waals surface area contributed by atoms with Crippen molar-refractivity contribution >= 4 is 26.8 Å². The van der Waals surface area contributed by atoms with Crippen LogP contribution in [0, 0.1) is 18.8 Å². The number of aryl methyl sites for hydroxylation is 1. The zero-order valence-corrected chi connectivity index (χ0v) is 20.0. The van der Waals surface area contributed by atoms with Crippen LogP contribution in [-0.2, 0) is 19.6 Å². The van der Waals surface area contributed by atoms with E-state index < -0.39 is 40.2 Å². The number of hydrogen-bond donors (Lipinski definition) is 2. The summed E-state index contributed by atoms with van der Waals surface area (Å²) in [6.45, 7) is 7.18. The van der Waals surface area contributed by atoms with Gasteiger partial charge in [0.05, 0.1) is 23.0 Å². The SMILES string of the molecule is Cc1ccc(S(=O)(=O)NC2c3cccc4cccc(c34)C2OC(=O)[C@H](C)[C@H](O)C(C)C)cc1. The Bertz CT molecular complexity index is 1280. The van der Waals surface area contributed by atoms with E-state index in [0.29, 0.717) is 0 Å². The van der Waals surface area contributed by atoms with Crippen molar-refractivity contribution in [1.82, 2.24) is 4.72 Å². The lowest BCUT2D eigenvalue weighted by Crippen LogP contribution is -2.36. The number of ether oxygens (including phenoxy) is 1. The molecule has 0 radical (unpaired) electrons. The summed E-state index contributed by atoms with van der Waals surface area (Å²) in [6, 6.07) is 17.1. The van der Waals surface area contributed by atoms with Gasteiger partial charge in [-0.2, -0.15) is 4.72 Å². The minimum atomic E-state index is -3.88. The van der Waals surface area contributed by atoms with Crippen LogP contribution >= 0.6 is 0 Å². The van der Waals surface area contributed by atoms with Crippen molar-refractivity contribution in [3.63, 3.8) is 0 Å². The van der Waals surface area contributed by atoms with E-state index >= 15 is 0 Å². The Morgan fingerprint density at radius 3 is 2.18 bits per heavy atom. The topological polar surface area (TPSA) is 92.7 Å². The number of carbonyl (C=O) groups excluding carboxylic acids is 1. The molecule has 4 atom stereocenters. The summed E-state index contributed by atoms with van der Waals surface area (Å²) < 4.78 is 35.2. The Balaban J connectivity index is 1.73. The zero-order chi connectivity index (χ0) is 23.9. The van der Waals surface area contributed by atoms with Crippen LogP contribution in [0.2, 0.25) is 0 Å². The number of esters is 1. The molecule has 0 heterocycles. The Morgan fingerprint density at radius 2 is 1.58 bits per heavy atom. The van der Waals surface area contributed by atoms with Gasteiger partial charge < -0.3 is 9.84 Å². The number of benzene rings is 3. The molecule has 0 aromatic heterocycles. The lowest BCUT2D eigenvalue weighted by Gasteiger charge is -2.27. The number of carbonyl (C=O) groups is 1. The first-order valence-electron chi connectivity index (χ1n) is 11.1. The van der Waals surface area contributed by atoms with Gasteiger partial charge in [0.15, 0.2) is 0 Å². The Labute approximate surface area is 194 Å². The predicted molar refractivity (Wildman–Crippen MR) is 127 cm³/mol. The molecule has 0 spiro atoms. The highest BCUT2D eigenvalue weighted by molar-refractivity contribution is 7.89. The monoisotopic (exact) mass is 467 g/mol. The number of nitrogens with one attached hydrogen (secondary N) is 1. The number of hydrogen-bond acceptors (Lipinski definition) is 5. The molecule has 0 amide bonds. The molecule has 0 bridgehead atoms. The first-order valence-corrected chi connectivity index (χ1v) is 12.6. The van der Waals surface area contributed by atoms with Crippen LogP contribution in [0.3, 0.4) is 0 Å². The van der Waals surface area contributed by atoms with Gasteiger partial charge in [-0.05, 0) is 48.2 Å². The van der Waals surface area contributed by atoms with Gasteiger partial charge in [-0.3, -0.25) is 4.79 Å². The van der Waals surface area contributed by atoms with Gasteiger partial charge in [0.2, 0.25) is 10.0 Å². The molecule has 33 heavy (non-hydrogen) atoms. The van der Waals surface area contributed by atoms with Crippen molar-refractivity contribution in [2.24, 2.45) is 11.8 Å². The maximum absolute atomic E-state index is 13.2. The molecule has 2 N–H and O–H groups in total. The minimum Gasteiger partial charge on any atom is -0.455 e. The molecule has 4 rings (SSSR count). The highest BCUT2D eigenvalue weighted by atomic mass is 32.2. The predicted octanol–water partition coefficient (Wildman–Crippen LogP) is 4.42. The number of sulfonamides is 1. The van der Waals surface area contributed by atoms with E-state index in [4.69, 9.17) is 4.74 Å². The van der Waals surface area contributed by atoms with Crippen LogP contribution in [0.15, 0.2) is 65.6 Å². The smallest absolute Gasteiger partial charge is 0.311 e. The molecule has 174 valence electrons. The molecule has 1 aliphatic carbocycles. The first-order chi connectivity index (χ1) is 15.6. The molecule has 0 saturated heterocycles. The van der Waals surface area contributed by atoms with E-state index in [0.717, 1.165) is 27.5 Å². The quantitative estimate of drug-likeness (QED) is 0.502. The van der Waals surface area contributed by atoms with E-state index in [-0.39, 0.29) is 10.8 Å². The van der Waals surface area contributed by atoms with E-state index in [1.54, 1.807) is 31.2 Å². The van der Waals surface area contributed by atoms with Crippen LogP contribution in [-0.4, -0.2) is 25.6 Å². The lowest BCUT2D eigenvalue weighted by atomic mass is 9.95. The van der Waals surface area contributed by atoms with E-state index in [2.05, 4.69) is 4.72 Å². The van der Waals surface area contributed by atoms with Gasteiger partial charge in [-0.15, -0.1) is 0 Å². The minimum absolute atomic E-state index is 0.118. The van der Waals surface area contributed by atoms with Gasteiger partial charge in [-0.25, -0.2) is 8.42 Å². The fraction of sp³-hybridized carbons (Fsp3) is 0.346. The van der Waals surface area contributed by atoms with Gasteiger partial charge in [0.1, 0.15) is 6.10 Å². The number of rotatable bonds is 7. The highest BCUT2D eigenvalue weighted by Gasteiger charge is 2.41. The highest BCUT2D eigenvalue weighted by Crippen LogP contribution is 2.47. The van der Waals surface area contributed by atoms with Crippen molar-refractivity contribution < 1.29 is 23.1 Å². The first kappa shape index (κ1) is 23.4. The van der Waals surface area contributed by atoms with Gasteiger partial charge in [0.25, 0.3) is 0 Å². The Kier molecular flexibility index (Phi) is 6.31.